The lowest BCUT2D eigenvalue weighted by molar-refractivity contribution is 1.11. The minimum absolute atomic E-state index is 1.03. The van der Waals surface area contributed by atoms with E-state index in [4.69, 9.17) is 0 Å². The predicted molar refractivity (Wildman–Crippen MR) is 64.8 cm³/mol. The number of thiophene rings is 1. The van der Waals surface area contributed by atoms with Gasteiger partial charge in [-0.15, -0.1) is 22.7 Å². The maximum atomic E-state index is 4.57. The molecule has 0 N–H and O–H groups in total. The fraction of sp³-hybridized carbons (Fsp3) is 0.333. The SMILES string of the molecule is CCc1nc2sc3nc(C)sc3c2s1. The molecule has 0 saturated carbocycles. The van der Waals surface area contributed by atoms with Crippen LogP contribution in [0.5, 0.6) is 0 Å². The summed E-state index contributed by atoms with van der Waals surface area (Å²) >= 11 is 5.32. The van der Waals surface area contributed by atoms with Crippen molar-refractivity contribution in [2.75, 3.05) is 0 Å². The lowest BCUT2D eigenvalue weighted by Gasteiger charge is -1.80. The Hall–Kier alpha value is -0.520. The fourth-order valence-electron chi connectivity index (χ4n) is 1.42. The molecular weight excluding hydrogens is 232 g/mol. The largest absolute Gasteiger partial charge is 0.230 e. The Balaban J connectivity index is 2.42. The molecule has 3 rings (SSSR count). The summed E-state index contributed by atoms with van der Waals surface area (Å²) in [5, 5.41) is 2.39. The monoisotopic (exact) mass is 240 g/mol. The summed E-state index contributed by atoms with van der Waals surface area (Å²) in [6, 6.07) is 0. The van der Waals surface area contributed by atoms with Gasteiger partial charge in [-0.2, -0.15) is 0 Å². The van der Waals surface area contributed by atoms with E-state index in [2.05, 4.69) is 23.8 Å². The van der Waals surface area contributed by atoms with E-state index in [1.165, 1.54) is 19.2 Å². The first-order valence-corrected chi connectivity index (χ1v) is 6.88. The average molecular weight is 240 g/mol. The van der Waals surface area contributed by atoms with E-state index in [1.54, 1.807) is 22.7 Å². The fourth-order valence-corrected chi connectivity index (χ4v) is 4.92. The van der Waals surface area contributed by atoms with Crippen molar-refractivity contribution in [1.82, 2.24) is 9.97 Å². The van der Waals surface area contributed by atoms with E-state index in [9.17, 15) is 0 Å². The molecule has 0 bridgehead atoms. The molecular formula is C9H8N2S3. The van der Waals surface area contributed by atoms with Crippen LogP contribution < -0.4 is 0 Å². The zero-order valence-corrected chi connectivity index (χ0v) is 10.3. The van der Waals surface area contributed by atoms with E-state index in [1.807, 2.05) is 11.3 Å². The third-order valence-electron chi connectivity index (χ3n) is 2.05. The van der Waals surface area contributed by atoms with Gasteiger partial charge < -0.3 is 0 Å². The molecule has 0 fully saturated rings. The minimum Gasteiger partial charge on any atom is -0.230 e. The Morgan fingerprint density at radius 2 is 1.71 bits per heavy atom. The summed E-state index contributed by atoms with van der Waals surface area (Å²) in [5.41, 5.74) is 0. The summed E-state index contributed by atoms with van der Waals surface area (Å²) < 4.78 is 2.67. The molecule has 0 aliphatic rings. The van der Waals surface area contributed by atoms with Crippen LogP contribution in [0.3, 0.4) is 0 Å². The molecule has 0 aromatic carbocycles. The lowest BCUT2D eigenvalue weighted by atomic mass is 10.5. The maximum absolute atomic E-state index is 4.57. The molecule has 5 heteroatoms. The van der Waals surface area contributed by atoms with Crippen molar-refractivity contribution < 1.29 is 0 Å². The van der Waals surface area contributed by atoms with Gasteiger partial charge in [0.1, 0.15) is 9.66 Å². The molecule has 0 spiro atoms. The topological polar surface area (TPSA) is 25.8 Å². The van der Waals surface area contributed by atoms with Crippen LogP contribution in [0.25, 0.3) is 19.1 Å². The van der Waals surface area contributed by atoms with Crippen molar-refractivity contribution in [3.05, 3.63) is 10.0 Å². The van der Waals surface area contributed by atoms with Crippen LogP contribution in [0, 0.1) is 6.92 Å². The Bertz CT molecular complexity index is 602. The van der Waals surface area contributed by atoms with E-state index in [0.717, 1.165) is 16.3 Å². The summed E-state index contributed by atoms with van der Waals surface area (Å²) in [6.07, 6.45) is 1.03. The molecule has 2 nitrogen and oxygen atoms in total. The Morgan fingerprint density at radius 3 is 2.50 bits per heavy atom. The van der Waals surface area contributed by atoms with Crippen LogP contribution in [0.1, 0.15) is 16.9 Å². The summed E-state index contributed by atoms with van der Waals surface area (Å²) in [5.74, 6) is 0. The molecule has 0 radical (unpaired) electrons. The first-order chi connectivity index (χ1) is 6.78. The zero-order chi connectivity index (χ0) is 9.71. The van der Waals surface area contributed by atoms with Gasteiger partial charge in [0.2, 0.25) is 0 Å². The molecule has 0 unspecified atom stereocenters. The molecule has 3 heterocycles. The average Bonchev–Trinajstić information content (AvgIpc) is 2.74. The highest BCUT2D eigenvalue weighted by Gasteiger charge is 2.13. The molecule has 0 amide bonds. The van der Waals surface area contributed by atoms with Crippen LogP contribution in [0.4, 0.5) is 0 Å². The molecule has 0 saturated heterocycles. The molecule has 0 aliphatic carbocycles. The number of aryl methyl sites for hydroxylation is 2. The van der Waals surface area contributed by atoms with Crippen molar-refractivity contribution in [3.8, 4) is 0 Å². The van der Waals surface area contributed by atoms with Gasteiger partial charge in [0.25, 0.3) is 0 Å². The van der Waals surface area contributed by atoms with Gasteiger partial charge in [-0.1, -0.05) is 18.3 Å². The van der Waals surface area contributed by atoms with Crippen LogP contribution in [-0.4, -0.2) is 9.97 Å². The van der Waals surface area contributed by atoms with E-state index >= 15 is 0 Å². The molecule has 3 aromatic heterocycles. The van der Waals surface area contributed by atoms with Gasteiger partial charge in [-0.3, -0.25) is 0 Å². The zero-order valence-electron chi connectivity index (χ0n) is 7.83. The highest BCUT2D eigenvalue weighted by Crippen LogP contribution is 2.40. The molecule has 14 heavy (non-hydrogen) atoms. The number of nitrogens with zero attached hydrogens (tertiary/aromatic N) is 2. The normalized spacial score (nSPS) is 11.9. The second-order valence-electron chi connectivity index (χ2n) is 3.06. The van der Waals surface area contributed by atoms with E-state index in [-0.39, 0.29) is 0 Å². The standard InChI is InChI=1S/C9H8N2S3/c1-3-5-11-9-7(13-5)6-8(14-9)10-4(2)12-6/h3H2,1-2H3. The lowest BCUT2D eigenvalue weighted by Crippen LogP contribution is -1.72. The quantitative estimate of drug-likeness (QED) is 0.646. The Morgan fingerprint density at radius 1 is 1.00 bits per heavy atom. The van der Waals surface area contributed by atoms with Gasteiger partial charge in [-0.05, 0) is 13.3 Å². The smallest absolute Gasteiger partial charge is 0.138 e. The summed E-state index contributed by atoms with van der Waals surface area (Å²) in [7, 11) is 0. The Labute approximate surface area is 93.2 Å². The number of rotatable bonds is 1. The van der Waals surface area contributed by atoms with Gasteiger partial charge in [0.15, 0.2) is 0 Å². The first kappa shape index (κ1) is 8.76. The summed E-state index contributed by atoms with van der Waals surface area (Å²) in [4.78, 5) is 11.4. The molecule has 72 valence electrons. The molecule has 0 atom stereocenters. The van der Waals surface area contributed by atoms with Crippen LogP contribution >= 0.6 is 34.0 Å². The van der Waals surface area contributed by atoms with Crippen molar-refractivity contribution in [2.45, 2.75) is 20.3 Å². The molecule has 3 aromatic rings. The third-order valence-corrected chi connectivity index (χ3v) is 5.62. The van der Waals surface area contributed by atoms with Crippen LogP contribution in [0.2, 0.25) is 0 Å². The predicted octanol–water partition coefficient (Wildman–Crippen LogP) is 3.84. The first-order valence-electron chi connectivity index (χ1n) is 4.43. The van der Waals surface area contributed by atoms with Crippen molar-refractivity contribution in [1.29, 1.82) is 0 Å². The van der Waals surface area contributed by atoms with Crippen molar-refractivity contribution in [3.63, 3.8) is 0 Å². The molecule has 0 aliphatic heterocycles. The van der Waals surface area contributed by atoms with Gasteiger partial charge in [0.05, 0.1) is 19.4 Å². The van der Waals surface area contributed by atoms with E-state index in [0.29, 0.717) is 0 Å². The number of hydrogen-bond donors (Lipinski definition) is 0. The van der Waals surface area contributed by atoms with E-state index < -0.39 is 0 Å². The van der Waals surface area contributed by atoms with Crippen molar-refractivity contribution in [2.24, 2.45) is 0 Å². The number of fused-ring (bicyclic) bond motifs is 3. The summed E-state index contributed by atoms with van der Waals surface area (Å²) in [6.45, 7) is 4.21. The maximum Gasteiger partial charge on any atom is 0.138 e. The number of hydrogen-bond acceptors (Lipinski definition) is 5. The number of thiazole rings is 2. The highest BCUT2D eigenvalue weighted by molar-refractivity contribution is 7.37. The second-order valence-corrected chi connectivity index (χ2v) is 6.33. The van der Waals surface area contributed by atoms with Gasteiger partial charge >= 0.3 is 0 Å². The van der Waals surface area contributed by atoms with Gasteiger partial charge in [-0.25, -0.2) is 9.97 Å². The highest BCUT2D eigenvalue weighted by atomic mass is 32.1. The van der Waals surface area contributed by atoms with Gasteiger partial charge in [0, 0.05) is 0 Å². The van der Waals surface area contributed by atoms with Crippen LogP contribution in [-0.2, 0) is 6.42 Å². The Kier molecular flexibility index (Phi) is 1.87. The second kappa shape index (κ2) is 2.98. The minimum atomic E-state index is 1.03. The van der Waals surface area contributed by atoms with Crippen molar-refractivity contribution >= 4 is 53.1 Å². The number of aromatic nitrogens is 2. The third kappa shape index (κ3) is 1.12. The van der Waals surface area contributed by atoms with Crippen LogP contribution in [0.15, 0.2) is 0 Å².